The van der Waals surface area contributed by atoms with E-state index in [1.54, 1.807) is 19.2 Å². The van der Waals surface area contributed by atoms with Crippen LogP contribution in [0, 0.1) is 0 Å². The monoisotopic (exact) mass is 582 g/mol. The molecule has 1 saturated heterocycles. The quantitative estimate of drug-likeness (QED) is 0.288. The maximum Gasteiger partial charge on any atom is 0.162 e. The van der Waals surface area contributed by atoms with Crippen molar-refractivity contribution in [2.45, 2.75) is 32.4 Å². The maximum atomic E-state index is 6.60. The minimum absolute atomic E-state index is 0.346. The first-order chi connectivity index (χ1) is 16.4. The topological polar surface area (TPSA) is 33.7 Å². The van der Waals surface area contributed by atoms with Crippen molar-refractivity contribution >= 4 is 62.1 Å². The number of nitrogens with one attached hydrogen (secondary N) is 1. The Bertz CT molecular complexity index is 1150. The second kappa shape index (κ2) is 11.8. The van der Waals surface area contributed by atoms with Crippen molar-refractivity contribution < 1.29 is 9.47 Å². The minimum Gasteiger partial charge on any atom is -0.493 e. The third kappa shape index (κ3) is 6.25. The van der Waals surface area contributed by atoms with Gasteiger partial charge in [-0.3, -0.25) is 0 Å². The lowest BCUT2D eigenvalue weighted by molar-refractivity contribution is 0.284. The van der Waals surface area contributed by atoms with E-state index in [4.69, 9.17) is 44.3 Å². The van der Waals surface area contributed by atoms with Gasteiger partial charge < -0.3 is 19.7 Å². The first kappa shape index (κ1) is 25.3. The van der Waals surface area contributed by atoms with Gasteiger partial charge in [0, 0.05) is 29.8 Å². The zero-order valence-electron chi connectivity index (χ0n) is 18.8. The highest BCUT2D eigenvalue weighted by molar-refractivity contribution is 9.10. The van der Waals surface area contributed by atoms with Crippen molar-refractivity contribution in [3.8, 4) is 11.5 Å². The van der Waals surface area contributed by atoms with Gasteiger partial charge in [-0.05, 0) is 72.9 Å². The van der Waals surface area contributed by atoms with Crippen molar-refractivity contribution in [1.82, 2.24) is 0 Å². The molecular weight excluding hydrogens is 559 g/mol. The summed E-state index contributed by atoms with van der Waals surface area (Å²) in [6.07, 6.45) is 3.74. The first-order valence-corrected chi connectivity index (χ1v) is 13.1. The summed E-state index contributed by atoms with van der Waals surface area (Å²) in [6, 6.07) is 15.5. The van der Waals surface area contributed by atoms with Gasteiger partial charge in [0.25, 0.3) is 0 Å². The van der Waals surface area contributed by atoms with E-state index in [9.17, 15) is 0 Å². The Morgan fingerprint density at radius 3 is 2.38 bits per heavy atom. The lowest BCUT2D eigenvalue weighted by Crippen LogP contribution is -2.29. The Balaban J connectivity index is 1.42. The summed E-state index contributed by atoms with van der Waals surface area (Å²) in [6.45, 7) is 3.08. The van der Waals surface area contributed by atoms with Gasteiger partial charge in [0.15, 0.2) is 11.5 Å². The average molecular weight is 585 g/mol. The molecule has 34 heavy (non-hydrogen) atoms. The van der Waals surface area contributed by atoms with Crippen LogP contribution in [0.4, 0.5) is 11.4 Å². The summed E-state index contributed by atoms with van der Waals surface area (Å²) in [4.78, 5) is 2.37. The molecule has 4 nitrogen and oxygen atoms in total. The second-order valence-corrected chi connectivity index (χ2v) is 10.3. The molecule has 0 radical (unpaired) electrons. The van der Waals surface area contributed by atoms with Gasteiger partial charge in [0.05, 0.1) is 27.9 Å². The van der Waals surface area contributed by atoms with Crippen LogP contribution in [-0.2, 0) is 13.2 Å². The summed E-state index contributed by atoms with van der Waals surface area (Å²) in [5.41, 5.74) is 4.04. The second-order valence-electron chi connectivity index (χ2n) is 8.20. The average Bonchev–Trinajstić information content (AvgIpc) is 2.84. The van der Waals surface area contributed by atoms with Crippen LogP contribution < -0.4 is 19.7 Å². The van der Waals surface area contributed by atoms with Crippen molar-refractivity contribution in [1.29, 1.82) is 0 Å². The Labute approximate surface area is 224 Å². The van der Waals surface area contributed by atoms with Crippen LogP contribution in [0.2, 0.25) is 15.1 Å². The van der Waals surface area contributed by atoms with E-state index in [2.05, 4.69) is 38.3 Å². The molecule has 1 aliphatic rings. The smallest absolute Gasteiger partial charge is 0.162 e. The highest BCUT2D eigenvalue weighted by atomic mass is 79.9. The van der Waals surface area contributed by atoms with Crippen LogP contribution in [-0.4, -0.2) is 20.2 Å². The molecule has 1 aliphatic heterocycles. The molecule has 0 aromatic heterocycles. The third-order valence-corrected chi connectivity index (χ3v) is 7.62. The van der Waals surface area contributed by atoms with Gasteiger partial charge in [-0.1, -0.05) is 56.8 Å². The number of nitrogens with zero attached hydrogens (tertiary/aromatic N) is 1. The van der Waals surface area contributed by atoms with Crippen LogP contribution in [0.5, 0.6) is 11.5 Å². The normalized spacial score (nSPS) is 13.6. The SMILES string of the molecule is COc1cc(CNc2ccc(N3CCCCC3)c(Cl)c2)c(Br)cc1OCc1ccc(Cl)c(Cl)c1. The lowest BCUT2D eigenvalue weighted by Gasteiger charge is -2.29. The van der Waals surface area contributed by atoms with Crippen LogP contribution >= 0.6 is 50.7 Å². The number of ether oxygens (including phenoxy) is 2. The molecule has 1 heterocycles. The van der Waals surface area contributed by atoms with Crippen LogP contribution in [0.25, 0.3) is 0 Å². The summed E-state index contributed by atoms with van der Waals surface area (Å²) in [5.74, 6) is 1.29. The third-order valence-electron chi connectivity index (χ3n) is 5.84. The van der Waals surface area contributed by atoms with E-state index in [-0.39, 0.29) is 0 Å². The molecule has 1 N–H and O–H groups in total. The van der Waals surface area contributed by atoms with Gasteiger partial charge in [-0.15, -0.1) is 0 Å². The molecule has 0 aliphatic carbocycles. The van der Waals surface area contributed by atoms with Gasteiger partial charge in [-0.2, -0.15) is 0 Å². The lowest BCUT2D eigenvalue weighted by atomic mass is 10.1. The van der Waals surface area contributed by atoms with Gasteiger partial charge in [-0.25, -0.2) is 0 Å². The molecule has 8 heteroatoms. The number of anilines is 2. The molecule has 1 fully saturated rings. The molecule has 0 atom stereocenters. The number of methoxy groups -OCH3 is 1. The molecule has 4 rings (SSSR count). The van der Waals surface area contributed by atoms with Gasteiger partial charge in [0.2, 0.25) is 0 Å². The van der Waals surface area contributed by atoms with Crippen LogP contribution in [0.1, 0.15) is 30.4 Å². The molecule has 0 unspecified atom stereocenters. The minimum atomic E-state index is 0.346. The molecule has 180 valence electrons. The predicted octanol–water partition coefficient (Wildman–Crippen LogP) is 8.60. The van der Waals surface area contributed by atoms with Crippen molar-refractivity contribution in [3.05, 3.63) is 79.2 Å². The summed E-state index contributed by atoms with van der Waals surface area (Å²) < 4.78 is 12.5. The molecular formula is C26H26BrCl3N2O2. The van der Waals surface area contributed by atoms with Gasteiger partial charge >= 0.3 is 0 Å². The van der Waals surface area contributed by atoms with E-state index < -0.39 is 0 Å². The zero-order valence-corrected chi connectivity index (χ0v) is 22.7. The number of hydrogen-bond donors (Lipinski definition) is 1. The number of benzene rings is 3. The highest BCUT2D eigenvalue weighted by Crippen LogP contribution is 2.36. The fraction of sp³-hybridized carbons (Fsp3) is 0.308. The van der Waals surface area contributed by atoms with Gasteiger partial charge in [0.1, 0.15) is 6.61 Å². The van der Waals surface area contributed by atoms with E-state index in [1.165, 1.54) is 19.3 Å². The highest BCUT2D eigenvalue weighted by Gasteiger charge is 2.15. The fourth-order valence-corrected chi connectivity index (χ4v) is 5.06. The molecule has 0 bridgehead atoms. The van der Waals surface area contributed by atoms with Crippen molar-refractivity contribution in [2.24, 2.45) is 0 Å². The maximum absolute atomic E-state index is 6.60. The number of piperidine rings is 1. The summed E-state index contributed by atoms with van der Waals surface area (Å²) in [7, 11) is 1.63. The molecule has 0 spiro atoms. The predicted molar refractivity (Wildman–Crippen MR) is 146 cm³/mol. The van der Waals surface area contributed by atoms with E-state index >= 15 is 0 Å². The van der Waals surface area contributed by atoms with Crippen LogP contribution in [0.3, 0.4) is 0 Å². The Morgan fingerprint density at radius 2 is 1.68 bits per heavy atom. The van der Waals surface area contributed by atoms with Crippen molar-refractivity contribution in [2.75, 3.05) is 30.4 Å². The molecule has 3 aromatic carbocycles. The Hall–Kier alpha value is -1.79. The Kier molecular flexibility index (Phi) is 8.75. The number of halogens is 4. The zero-order chi connectivity index (χ0) is 24.1. The van der Waals surface area contributed by atoms with E-state index in [0.717, 1.165) is 45.1 Å². The summed E-state index contributed by atoms with van der Waals surface area (Å²) >= 11 is 22.4. The fourth-order valence-electron chi connectivity index (χ4n) is 3.98. The standard InChI is InChI=1S/C26H26BrCl3N2O2/c1-33-25-12-18(20(27)14-26(25)34-16-17-5-7-21(28)22(29)11-17)15-31-19-6-8-24(23(30)13-19)32-9-3-2-4-10-32/h5-8,11-14,31H,2-4,9-10,15-16H2,1H3. The number of hydrogen-bond acceptors (Lipinski definition) is 4. The molecule has 0 saturated carbocycles. The number of rotatable bonds is 8. The molecule has 3 aromatic rings. The van der Waals surface area contributed by atoms with Crippen molar-refractivity contribution in [3.63, 3.8) is 0 Å². The molecule has 0 amide bonds. The Morgan fingerprint density at radius 1 is 0.882 bits per heavy atom. The van der Waals surface area contributed by atoms with E-state index in [1.807, 2.05) is 24.3 Å². The first-order valence-electron chi connectivity index (χ1n) is 11.2. The largest absolute Gasteiger partial charge is 0.493 e. The van der Waals surface area contributed by atoms with E-state index in [0.29, 0.717) is 34.7 Å². The summed E-state index contributed by atoms with van der Waals surface area (Å²) in [5, 5.41) is 5.25. The van der Waals surface area contributed by atoms with Crippen LogP contribution in [0.15, 0.2) is 53.0 Å².